The number of sulfonamides is 1. The summed E-state index contributed by atoms with van der Waals surface area (Å²) >= 11 is 1.65. The van der Waals surface area contributed by atoms with Crippen LogP contribution >= 0.6 is 11.8 Å². The van der Waals surface area contributed by atoms with Crippen molar-refractivity contribution in [1.82, 2.24) is 5.32 Å². The van der Waals surface area contributed by atoms with Gasteiger partial charge in [-0.3, -0.25) is 9.10 Å². The van der Waals surface area contributed by atoms with Crippen LogP contribution in [0.15, 0.2) is 53.4 Å². The Morgan fingerprint density at radius 1 is 1.11 bits per heavy atom. The van der Waals surface area contributed by atoms with E-state index in [1.54, 1.807) is 36.9 Å². The van der Waals surface area contributed by atoms with Crippen LogP contribution in [0.1, 0.15) is 18.1 Å². The maximum Gasteiger partial charge on any atom is 0.243 e. The van der Waals surface area contributed by atoms with E-state index in [1.807, 2.05) is 32.0 Å². The summed E-state index contributed by atoms with van der Waals surface area (Å²) in [5, 5.41) is 2.84. The van der Waals surface area contributed by atoms with Crippen LogP contribution in [-0.2, 0) is 14.8 Å². The molecule has 0 aromatic heterocycles. The number of rotatable bonds is 8. The van der Waals surface area contributed by atoms with Gasteiger partial charge in [0, 0.05) is 17.2 Å². The molecule has 1 atom stereocenters. The number of benzene rings is 2. The monoisotopic (exact) mass is 406 g/mol. The molecule has 0 saturated carbocycles. The van der Waals surface area contributed by atoms with Crippen LogP contribution < -0.4 is 9.62 Å². The lowest BCUT2D eigenvalue weighted by Gasteiger charge is -2.28. The zero-order chi connectivity index (χ0) is 20.0. The number of carbonyl (C=O) groups excluding carboxylic acids is 1. The van der Waals surface area contributed by atoms with Gasteiger partial charge in [-0.1, -0.05) is 29.8 Å². The van der Waals surface area contributed by atoms with Crippen molar-refractivity contribution < 1.29 is 13.2 Å². The van der Waals surface area contributed by atoms with Crippen molar-refractivity contribution in [2.45, 2.75) is 31.7 Å². The molecule has 0 bridgehead atoms. The van der Waals surface area contributed by atoms with Gasteiger partial charge in [0.1, 0.15) is 6.04 Å². The molecule has 0 fully saturated rings. The summed E-state index contributed by atoms with van der Waals surface area (Å²) in [4.78, 5) is 13.7. The van der Waals surface area contributed by atoms with E-state index in [0.29, 0.717) is 18.0 Å². The van der Waals surface area contributed by atoms with Gasteiger partial charge in [-0.25, -0.2) is 8.42 Å². The minimum Gasteiger partial charge on any atom is -0.353 e. The molecule has 146 valence electrons. The van der Waals surface area contributed by atoms with Gasteiger partial charge >= 0.3 is 0 Å². The molecule has 0 unspecified atom stereocenters. The van der Waals surface area contributed by atoms with Gasteiger partial charge in [-0.15, -0.1) is 11.8 Å². The third-order valence-corrected chi connectivity index (χ3v) is 6.29. The van der Waals surface area contributed by atoms with E-state index < -0.39 is 16.1 Å². The fourth-order valence-electron chi connectivity index (χ4n) is 2.70. The SMILES string of the molecule is Cc1ccc(SCCNC(=O)[C@H](C)N(c2cccc(C)c2)S(C)(=O)=O)cc1. The van der Waals surface area contributed by atoms with Crippen molar-refractivity contribution in [2.75, 3.05) is 22.9 Å². The highest BCUT2D eigenvalue weighted by Crippen LogP contribution is 2.22. The highest BCUT2D eigenvalue weighted by molar-refractivity contribution is 7.99. The van der Waals surface area contributed by atoms with Crippen LogP contribution in [0.3, 0.4) is 0 Å². The van der Waals surface area contributed by atoms with E-state index in [4.69, 9.17) is 0 Å². The Morgan fingerprint density at radius 2 is 1.78 bits per heavy atom. The van der Waals surface area contributed by atoms with Crippen molar-refractivity contribution >= 4 is 33.4 Å². The molecule has 0 spiro atoms. The van der Waals surface area contributed by atoms with E-state index >= 15 is 0 Å². The Balaban J connectivity index is 1.97. The zero-order valence-electron chi connectivity index (χ0n) is 16.1. The maximum absolute atomic E-state index is 12.5. The number of aryl methyl sites for hydroxylation is 2. The van der Waals surface area contributed by atoms with Crippen LogP contribution in [0.2, 0.25) is 0 Å². The van der Waals surface area contributed by atoms with Gasteiger partial charge in [0.15, 0.2) is 0 Å². The van der Waals surface area contributed by atoms with Crippen LogP contribution in [0.5, 0.6) is 0 Å². The highest BCUT2D eigenvalue weighted by atomic mass is 32.2. The van der Waals surface area contributed by atoms with Crippen LogP contribution in [-0.4, -0.2) is 38.9 Å². The first-order valence-corrected chi connectivity index (χ1v) is 11.5. The first kappa shape index (κ1) is 21.3. The highest BCUT2D eigenvalue weighted by Gasteiger charge is 2.28. The first-order valence-electron chi connectivity index (χ1n) is 8.72. The minimum absolute atomic E-state index is 0.313. The molecular formula is C20H26N2O3S2. The van der Waals surface area contributed by atoms with E-state index in [9.17, 15) is 13.2 Å². The fourth-order valence-corrected chi connectivity index (χ4v) is 4.63. The normalized spacial score (nSPS) is 12.4. The molecule has 0 radical (unpaired) electrons. The summed E-state index contributed by atoms with van der Waals surface area (Å²) < 4.78 is 25.7. The Kier molecular flexibility index (Phi) is 7.33. The number of thioether (sulfide) groups is 1. The van der Waals surface area contributed by atoms with Crippen LogP contribution in [0.25, 0.3) is 0 Å². The predicted molar refractivity (Wildman–Crippen MR) is 113 cm³/mol. The first-order chi connectivity index (χ1) is 12.7. The summed E-state index contributed by atoms with van der Waals surface area (Å²) in [6.45, 7) is 5.99. The molecule has 0 aliphatic rings. The van der Waals surface area contributed by atoms with Gasteiger partial charge in [0.05, 0.1) is 11.9 Å². The molecule has 0 saturated heterocycles. The van der Waals surface area contributed by atoms with Crippen LogP contribution in [0, 0.1) is 13.8 Å². The molecule has 7 heteroatoms. The molecule has 0 aliphatic carbocycles. The third-order valence-electron chi connectivity index (χ3n) is 4.04. The van der Waals surface area contributed by atoms with Crippen molar-refractivity contribution in [1.29, 1.82) is 0 Å². The average Bonchev–Trinajstić information content (AvgIpc) is 2.59. The lowest BCUT2D eigenvalue weighted by Crippen LogP contribution is -2.48. The smallest absolute Gasteiger partial charge is 0.243 e. The number of hydrogen-bond acceptors (Lipinski definition) is 4. The molecule has 2 aromatic carbocycles. The van der Waals surface area contributed by atoms with Gasteiger partial charge in [-0.2, -0.15) is 0 Å². The van der Waals surface area contributed by atoms with Crippen LogP contribution in [0.4, 0.5) is 5.69 Å². The quantitative estimate of drug-likeness (QED) is 0.539. The summed E-state index contributed by atoms with van der Waals surface area (Å²) in [5.41, 5.74) is 2.64. The number of nitrogens with one attached hydrogen (secondary N) is 1. The third kappa shape index (κ3) is 6.29. The Hall–Kier alpha value is -1.99. The van der Waals surface area contributed by atoms with Gasteiger partial charge in [0.2, 0.25) is 15.9 Å². The zero-order valence-corrected chi connectivity index (χ0v) is 17.7. The standard InChI is InChI=1S/C20H26N2O3S2/c1-15-8-10-19(11-9-15)26-13-12-21-20(23)17(3)22(27(4,24)25)18-7-5-6-16(2)14-18/h5-11,14,17H,12-13H2,1-4H3,(H,21,23)/t17-/m0/s1. The maximum atomic E-state index is 12.5. The number of amides is 1. The van der Waals surface area contributed by atoms with Gasteiger partial charge < -0.3 is 5.32 Å². The van der Waals surface area contributed by atoms with E-state index in [-0.39, 0.29) is 5.91 Å². The van der Waals surface area contributed by atoms with Crippen molar-refractivity contribution in [3.05, 3.63) is 59.7 Å². The topological polar surface area (TPSA) is 66.5 Å². The van der Waals surface area contributed by atoms with E-state index in [1.165, 1.54) is 9.87 Å². The number of anilines is 1. The average molecular weight is 407 g/mol. The molecule has 5 nitrogen and oxygen atoms in total. The van der Waals surface area contributed by atoms with Gasteiger partial charge in [-0.05, 0) is 50.6 Å². The Morgan fingerprint density at radius 3 is 2.37 bits per heavy atom. The second kappa shape index (κ2) is 9.28. The summed E-state index contributed by atoms with van der Waals surface area (Å²) in [6, 6.07) is 14.5. The molecule has 2 aromatic rings. The number of hydrogen-bond donors (Lipinski definition) is 1. The van der Waals surface area contributed by atoms with Crippen molar-refractivity contribution in [3.8, 4) is 0 Å². The van der Waals surface area contributed by atoms with E-state index in [2.05, 4.69) is 17.4 Å². The predicted octanol–water partition coefficient (Wildman–Crippen LogP) is 3.37. The summed E-state index contributed by atoms with van der Waals surface area (Å²) in [5.74, 6) is 0.400. The molecular weight excluding hydrogens is 380 g/mol. The largest absolute Gasteiger partial charge is 0.353 e. The second-order valence-corrected chi connectivity index (χ2v) is 9.55. The Labute approximate surface area is 166 Å². The Bertz CT molecular complexity index is 880. The minimum atomic E-state index is -3.59. The number of carbonyl (C=O) groups is 1. The summed E-state index contributed by atoms with van der Waals surface area (Å²) in [6.07, 6.45) is 1.12. The summed E-state index contributed by atoms with van der Waals surface area (Å²) in [7, 11) is -3.59. The molecule has 1 amide bonds. The fraction of sp³-hybridized carbons (Fsp3) is 0.350. The lowest BCUT2D eigenvalue weighted by atomic mass is 10.2. The van der Waals surface area contributed by atoms with Crippen molar-refractivity contribution in [2.24, 2.45) is 0 Å². The van der Waals surface area contributed by atoms with Crippen molar-refractivity contribution in [3.63, 3.8) is 0 Å². The molecule has 0 aliphatic heterocycles. The molecule has 0 heterocycles. The second-order valence-electron chi connectivity index (χ2n) is 6.53. The molecule has 2 rings (SSSR count). The molecule has 27 heavy (non-hydrogen) atoms. The van der Waals surface area contributed by atoms with E-state index in [0.717, 1.165) is 16.7 Å². The van der Waals surface area contributed by atoms with Gasteiger partial charge in [0.25, 0.3) is 0 Å². The molecule has 1 N–H and O–H groups in total. The number of nitrogens with zero attached hydrogens (tertiary/aromatic N) is 1. The lowest BCUT2D eigenvalue weighted by molar-refractivity contribution is -0.121.